The summed E-state index contributed by atoms with van der Waals surface area (Å²) in [6.07, 6.45) is 1.08. The molecule has 0 bridgehead atoms. The van der Waals surface area contributed by atoms with Gasteiger partial charge in [-0.2, -0.15) is 5.10 Å². The van der Waals surface area contributed by atoms with Crippen LogP contribution in [0.15, 0.2) is 0 Å². The van der Waals surface area contributed by atoms with Gasteiger partial charge in [0.05, 0.1) is 12.3 Å². The van der Waals surface area contributed by atoms with Gasteiger partial charge in [0.25, 0.3) is 0 Å². The number of rotatable bonds is 1. The summed E-state index contributed by atoms with van der Waals surface area (Å²) < 4.78 is 7.58. The zero-order valence-corrected chi connectivity index (χ0v) is 8.50. The Labute approximate surface area is 78.7 Å². The minimum atomic E-state index is 0.488. The van der Waals surface area contributed by atoms with E-state index in [1.807, 2.05) is 4.68 Å². The minimum absolute atomic E-state index is 0.488. The molecule has 0 aromatic carbocycles. The maximum absolute atomic E-state index is 5.59. The van der Waals surface area contributed by atoms with Crippen LogP contribution in [0.5, 0.6) is 5.88 Å². The van der Waals surface area contributed by atoms with Gasteiger partial charge in [-0.3, -0.25) is 0 Å². The molecule has 2 heterocycles. The summed E-state index contributed by atoms with van der Waals surface area (Å²) in [5.74, 6) is 1.47. The van der Waals surface area contributed by atoms with Crippen LogP contribution in [-0.2, 0) is 6.54 Å². The zero-order chi connectivity index (χ0) is 9.42. The van der Waals surface area contributed by atoms with Crippen LogP contribution in [0.25, 0.3) is 0 Å². The van der Waals surface area contributed by atoms with E-state index in [9.17, 15) is 0 Å². The summed E-state index contributed by atoms with van der Waals surface area (Å²) in [6, 6.07) is 0. The molecule has 1 aromatic rings. The molecule has 3 heteroatoms. The molecule has 0 radical (unpaired) electrons. The van der Waals surface area contributed by atoms with Gasteiger partial charge in [0.1, 0.15) is 0 Å². The van der Waals surface area contributed by atoms with E-state index in [-0.39, 0.29) is 0 Å². The van der Waals surface area contributed by atoms with Crippen LogP contribution in [0.3, 0.4) is 0 Å². The number of ether oxygens (including phenoxy) is 1. The Hall–Kier alpha value is -0.990. The smallest absolute Gasteiger partial charge is 0.215 e. The average molecular weight is 180 g/mol. The molecule has 0 N–H and O–H groups in total. The molecule has 1 aromatic heterocycles. The molecule has 1 aliphatic heterocycles. The summed E-state index contributed by atoms with van der Waals surface area (Å²) in [5.41, 5.74) is 2.40. The molecule has 1 aliphatic rings. The minimum Gasteiger partial charge on any atom is -0.478 e. The van der Waals surface area contributed by atoms with Gasteiger partial charge in [0, 0.05) is 18.5 Å². The molecule has 0 spiro atoms. The van der Waals surface area contributed by atoms with Gasteiger partial charge in [0.2, 0.25) is 5.88 Å². The van der Waals surface area contributed by atoms with Crippen molar-refractivity contribution in [3.63, 3.8) is 0 Å². The van der Waals surface area contributed by atoms with Gasteiger partial charge in [-0.15, -0.1) is 0 Å². The van der Waals surface area contributed by atoms with Gasteiger partial charge in [-0.1, -0.05) is 13.8 Å². The van der Waals surface area contributed by atoms with Gasteiger partial charge < -0.3 is 4.74 Å². The summed E-state index contributed by atoms with van der Waals surface area (Å²) in [6.45, 7) is 8.27. The van der Waals surface area contributed by atoms with Gasteiger partial charge >= 0.3 is 0 Å². The number of hydrogen-bond acceptors (Lipinski definition) is 2. The second kappa shape index (κ2) is 3.05. The molecule has 0 saturated carbocycles. The van der Waals surface area contributed by atoms with Crippen LogP contribution in [-0.4, -0.2) is 16.4 Å². The van der Waals surface area contributed by atoms with Gasteiger partial charge in [-0.25, -0.2) is 4.68 Å². The Bertz CT molecular complexity index is 315. The van der Waals surface area contributed by atoms with E-state index in [2.05, 4.69) is 25.9 Å². The highest BCUT2D eigenvalue weighted by Gasteiger charge is 2.19. The van der Waals surface area contributed by atoms with Crippen molar-refractivity contribution in [1.29, 1.82) is 0 Å². The Kier molecular flexibility index (Phi) is 2.02. The van der Waals surface area contributed by atoms with E-state index in [4.69, 9.17) is 4.74 Å². The molecule has 0 fully saturated rings. The molecule has 2 rings (SSSR count). The number of hydrogen-bond donors (Lipinski definition) is 0. The lowest BCUT2D eigenvalue weighted by molar-refractivity contribution is 0.229. The van der Waals surface area contributed by atoms with Crippen LogP contribution < -0.4 is 4.74 Å². The first-order valence-electron chi connectivity index (χ1n) is 4.90. The van der Waals surface area contributed by atoms with Crippen molar-refractivity contribution in [3.05, 3.63) is 11.3 Å². The third kappa shape index (κ3) is 1.32. The lowest BCUT2D eigenvalue weighted by Crippen LogP contribution is -2.14. The fraction of sp³-hybridized carbons (Fsp3) is 0.700. The zero-order valence-electron chi connectivity index (χ0n) is 8.50. The van der Waals surface area contributed by atoms with Crippen LogP contribution >= 0.6 is 0 Å². The van der Waals surface area contributed by atoms with Crippen molar-refractivity contribution in [1.82, 2.24) is 9.78 Å². The average Bonchev–Trinajstić information content (AvgIpc) is 2.45. The van der Waals surface area contributed by atoms with Gasteiger partial charge in [0.15, 0.2) is 0 Å². The second-order valence-corrected chi connectivity index (χ2v) is 3.90. The lowest BCUT2D eigenvalue weighted by atomic mass is 10.1. The monoisotopic (exact) mass is 180 g/mol. The maximum Gasteiger partial charge on any atom is 0.215 e. The number of nitrogens with zero attached hydrogens (tertiary/aromatic N) is 2. The largest absolute Gasteiger partial charge is 0.478 e. The quantitative estimate of drug-likeness (QED) is 0.661. The normalized spacial score (nSPS) is 15.7. The van der Waals surface area contributed by atoms with Crippen LogP contribution in [0.2, 0.25) is 0 Å². The molecule has 0 unspecified atom stereocenters. The highest BCUT2D eigenvalue weighted by molar-refractivity contribution is 5.32. The maximum atomic E-state index is 5.59. The van der Waals surface area contributed by atoms with E-state index in [1.54, 1.807) is 0 Å². The van der Waals surface area contributed by atoms with Crippen molar-refractivity contribution in [3.8, 4) is 5.88 Å². The predicted molar refractivity (Wildman–Crippen MR) is 51.2 cm³/mol. The highest BCUT2D eigenvalue weighted by Crippen LogP contribution is 2.28. The molecule has 3 nitrogen and oxygen atoms in total. The van der Waals surface area contributed by atoms with Crippen molar-refractivity contribution >= 4 is 0 Å². The summed E-state index contributed by atoms with van der Waals surface area (Å²) in [4.78, 5) is 0. The molecular weight excluding hydrogens is 164 g/mol. The second-order valence-electron chi connectivity index (χ2n) is 3.90. The molecule has 0 amide bonds. The number of aromatic nitrogens is 2. The molecule has 0 atom stereocenters. The van der Waals surface area contributed by atoms with E-state index in [0.717, 1.165) is 25.5 Å². The highest BCUT2D eigenvalue weighted by atomic mass is 16.5. The van der Waals surface area contributed by atoms with E-state index in [0.29, 0.717) is 5.92 Å². The molecule has 13 heavy (non-hydrogen) atoms. The van der Waals surface area contributed by atoms with Crippen LogP contribution in [0.4, 0.5) is 0 Å². The third-order valence-electron chi connectivity index (χ3n) is 2.47. The van der Waals surface area contributed by atoms with Crippen molar-refractivity contribution < 1.29 is 4.74 Å². The topological polar surface area (TPSA) is 27.1 Å². The first kappa shape index (κ1) is 8.60. The fourth-order valence-electron chi connectivity index (χ4n) is 1.82. The van der Waals surface area contributed by atoms with Gasteiger partial charge in [-0.05, 0) is 12.8 Å². The SMILES string of the molecule is Cc1c(C(C)C)nn2c1OCCC2. The van der Waals surface area contributed by atoms with Crippen LogP contribution in [0, 0.1) is 6.92 Å². The summed E-state index contributed by atoms with van der Waals surface area (Å²) in [5, 5.41) is 4.54. The van der Waals surface area contributed by atoms with E-state index >= 15 is 0 Å². The molecule has 72 valence electrons. The Morgan fingerprint density at radius 2 is 2.23 bits per heavy atom. The summed E-state index contributed by atoms with van der Waals surface area (Å²) >= 11 is 0. The van der Waals surface area contributed by atoms with Crippen molar-refractivity contribution in [2.75, 3.05) is 6.61 Å². The molecule has 0 saturated heterocycles. The predicted octanol–water partition coefficient (Wildman–Crippen LogP) is 2.10. The van der Waals surface area contributed by atoms with Crippen molar-refractivity contribution in [2.24, 2.45) is 0 Å². The molecular formula is C10H16N2O. The van der Waals surface area contributed by atoms with Crippen LogP contribution in [0.1, 0.15) is 37.4 Å². The Balaban J connectivity index is 2.44. The Morgan fingerprint density at radius 3 is 2.85 bits per heavy atom. The first-order chi connectivity index (χ1) is 6.20. The number of fused-ring (bicyclic) bond motifs is 1. The lowest BCUT2D eigenvalue weighted by Gasteiger charge is -2.14. The third-order valence-corrected chi connectivity index (χ3v) is 2.47. The summed E-state index contributed by atoms with van der Waals surface area (Å²) in [7, 11) is 0. The van der Waals surface area contributed by atoms with E-state index in [1.165, 1.54) is 11.3 Å². The first-order valence-corrected chi connectivity index (χ1v) is 4.90. The number of aryl methyl sites for hydroxylation is 1. The molecule has 0 aliphatic carbocycles. The Morgan fingerprint density at radius 1 is 1.46 bits per heavy atom. The van der Waals surface area contributed by atoms with Crippen molar-refractivity contribution in [2.45, 2.75) is 39.7 Å². The van der Waals surface area contributed by atoms with E-state index < -0.39 is 0 Å². The standard InChI is InChI=1S/C10H16N2O/c1-7(2)9-8(3)10-12(11-9)5-4-6-13-10/h7H,4-6H2,1-3H3. The fourth-order valence-corrected chi connectivity index (χ4v) is 1.82.